The topological polar surface area (TPSA) is 121 Å². The van der Waals surface area contributed by atoms with Gasteiger partial charge in [-0.05, 0) is 62.1 Å². The van der Waals surface area contributed by atoms with Crippen LogP contribution in [0.1, 0.15) is 30.9 Å². The molecule has 3 heterocycles. The van der Waals surface area contributed by atoms with Gasteiger partial charge in [-0.1, -0.05) is 12.1 Å². The van der Waals surface area contributed by atoms with Crippen molar-refractivity contribution < 1.29 is 23.9 Å². The number of urea groups is 1. The molecule has 2 aliphatic heterocycles. The van der Waals surface area contributed by atoms with E-state index in [0.717, 1.165) is 10.5 Å². The second-order valence-corrected chi connectivity index (χ2v) is 9.04. The third kappa shape index (κ3) is 4.96. The van der Waals surface area contributed by atoms with E-state index in [-0.39, 0.29) is 24.3 Å². The van der Waals surface area contributed by atoms with Crippen molar-refractivity contribution in [3.8, 4) is 5.75 Å². The highest BCUT2D eigenvalue weighted by Crippen LogP contribution is 2.30. The van der Waals surface area contributed by atoms with Gasteiger partial charge in [0.25, 0.3) is 5.91 Å². The van der Waals surface area contributed by atoms with E-state index < -0.39 is 17.5 Å². The molecule has 0 saturated carbocycles. The summed E-state index contributed by atoms with van der Waals surface area (Å²) in [7, 11) is 1.54. The van der Waals surface area contributed by atoms with Gasteiger partial charge >= 0.3 is 6.03 Å². The predicted molar refractivity (Wildman–Crippen MR) is 127 cm³/mol. The number of pyridine rings is 1. The van der Waals surface area contributed by atoms with Crippen LogP contribution in [0.2, 0.25) is 0 Å². The summed E-state index contributed by atoms with van der Waals surface area (Å²) < 4.78 is 5.15. The molecule has 4 rings (SSSR count). The number of imide groups is 1. The third-order valence-corrected chi connectivity index (χ3v) is 6.62. The Balaban J connectivity index is 1.33. The summed E-state index contributed by atoms with van der Waals surface area (Å²) in [6.45, 7) is 3.94. The number of aromatic nitrogens is 1. The van der Waals surface area contributed by atoms with Crippen LogP contribution in [-0.2, 0) is 19.9 Å². The van der Waals surface area contributed by atoms with Crippen LogP contribution in [0.25, 0.3) is 0 Å². The average molecular weight is 480 g/mol. The first-order valence-corrected chi connectivity index (χ1v) is 11.5. The molecule has 10 heteroatoms. The Bertz CT molecular complexity index is 1140. The molecule has 2 N–H and O–H groups in total. The fourth-order valence-corrected chi connectivity index (χ4v) is 4.42. The molecular formula is C25H29N5O5. The van der Waals surface area contributed by atoms with Crippen LogP contribution in [0, 0.1) is 12.8 Å². The van der Waals surface area contributed by atoms with Gasteiger partial charge in [-0.15, -0.1) is 0 Å². The van der Waals surface area contributed by atoms with Crippen LogP contribution in [-0.4, -0.2) is 65.3 Å². The maximum absolute atomic E-state index is 13.1. The lowest BCUT2D eigenvalue weighted by molar-refractivity contribution is -0.140. The zero-order chi connectivity index (χ0) is 25.2. The number of nitrogens with zero attached hydrogens (tertiary/aromatic N) is 3. The van der Waals surface area contributed by atoms with E-state index in [1.165, 1.54) is 0 Å². The second-order valence-electron chi connectivity index (χ2n) is 9.04. The van der Waals surface area contributed by atoms with Gasteiger partial charge in [0.15, 0.2) is 0 Å². The van der Waals surface area contributed by atoms with Gasteiger partial charge in [0.2, 0.25) is 11.8 Å². The fourth-order valence-electron chi connectivity index (χ4n) is 4.42. The highest BCUT2D eigenvalue weighted by Gasteiger charge is 2.49. The molecule has 0 bridgehead atoms. The summed E-state index contributed by atoms with van der Waals surface area (Å²) in [5.41, 5.74) is 0.333. The first kappa shape index (κ1) is 24.2. The zero-order valence-corrected chi connectivity index (χ0v) is 20.0. The lowest BCUT2D eigenvalue weighted by atomic mass is 9.92. The minimum Gasteiger partial charge on any atom is -0.497 e. The summed E-state index contributed by atoms with van der Waals surface area (Å²) in [6, 6.07) is 9.89. The Morgan fingerprint density at radius 3 is 2.49 bits per heavy atom. The number of piperidine rings is 1. The average Bonchev–Trinajstić information content (AvgIpc) is 3.08. The molecule has 10 nitrogen and oxygen atoms in total. The standard InChI is InChI=1S/C25H29N5O5/c1-16-8-11-26-20(14-16)27-22(32)17-9-12-29(13-10-17)21(31)15-30-23(33)25(2,28-24(30)34)18-4-6-19(35-3)7-5-18/h4-8,11,14,17H,9-10,12-13,15H2,1-3H3,(H,28,34)(H,26,27,32). The molecule has 1 aromatic heterocycles. The highest BCUT2D eigenvalue weighted by molar-refractivity contribution is 6.09. The SMILES string of the molecule is COc1ccc(C2(C)NC(=O)N(CC(=O)N3CCC(C(=O)Nc4cc(C)ccn4)CC3)C2=O)cc1. The summed E-state index contributed by atoms with van der Waals surface area (Å²) in [6.07, 6.45) is 2.63. The molecule has 0 radical (unpaired) electrons. The number of rotatable bonds is 6. The Kier molecular flexibility index (Phi) is 6.72. The van der Waals surface area contributed by atoms with E-state index in [2.05, 4.69) is 15.6 Å². The van der Waals surface area contributed by atoms with Gasteiger partial charge in [-0.3, -0.25) is 19.3 Å². The number of aryl methyl sites for hydroxylation is 1. The highest BCUT2D eigenvalue weighted by atomic mass is 16.5. The molecule has 1 aromatic carbocycles. The van der Waals surface area contributed by atoms with E-state index >= 15 is 0 Å². The van der Waals surface area contributed by atoms with Gasteiger partial charge in [-0.25, -0.2) is 9.78 Å². The monoisotopic (exact) mass is 479 g/mol. The molecule has 2 aromatic rings. The lowest BCUT2D eigenvalue weighted by Gasteiger charge is -2.32. The predicted octanol–water partition coefficient (Wildman–Crippen LogP) is 2.04. The normalized spacial score (nSPS) is 20.5. The first-order valence-electron chi connectivity index (χ1n) is 11.5. The summed E-state index contributed by atoms with van der Waals surface area (Å²) in [4.78, 5) is 57.9. The molecule has 2 saturated heterocycles. The number of methoxy groups -OCH3 is 1. The molecule has 35 heavy (non-hydrogen) atoms. The summed E-state index contributed by atoms with van der Waals surface area (Å²) in [5, 5.41) is 5.54. The first-order chi connectivity index (χ1) is 16.7. The van der Waals surface area contributed by atoms with E-state index in [9.17, 15) is 19.2 Å². The second kappa shape index (κ2) is 9.73. The molecule has 1 unspecified atom stereocenters. The van der Waals surface area contributed by atoms with Crippen LogP contribution in [0.3, 0.4) is 0 Å². The van der Waals surface area contributed by atoms with Crippen molar-refractivity contribution in [2.24, 2.45) is 5.92 Å². The number of hydrogen-bond donors (Lipinski definition) is 2. The maximum Gasteiger partial charge on any atom is 0.325 e. The minimum atomic E-state index is -1.27. The van der Waals surface area contributed by atoms with Gasteiger partial charge < -0.3 is 20.3 Å². The van der Waals surface area contributed by atoms with Gasteiger partial charge in [0.05, 0.1) is 7.11 Å². The Morgan fingerprint density at radius 2 is 1.86 bits per heavy atom. The van der Waals surface area contributed by atoms with Crippen molar-refractivity contribution >= 4 is 29.6 Å². The number of carbonyl (C=O) groups excluding carboxylic acids is 4. The van der Waals surface area contributed by atoms with Gasteiger partial charge in [0.1, 0.15) is 23.7 Å². The zero-order valence-electron chi connectivity index (χ0n) is 20.0. The Labute approximate surface area is 203 Å². The Morgan fingerprint density at radius 1 is 1.17 bits per heavy atom. The van der Waals surface area contributed by atoms with Crippen molar-refractivity contribution in [3.63, 3.8) is 0 Å². The molecule has 5 amide bonds. The largest absolute Gasteiger partial charge is 0.497 e. The fraction of sp³-hybridized carbons (Fsp3) is 0.400. The van der Waals surface area contributed by atoms with Crippen molar-refractivity contribution in [1.29, 1.82) is 0 Å². The van der Waals surface area contributed by atoms with Gasteiger partial charge in [0, 0.05) is 25.2 Å². The van der Waals surface area contributed by atoms with Crippen molar-refractivity contribution in [1.82, 2.24) is 20.1 Å². The van der Waals surface area contributed by atoms with E-state index in [4.69, 9.17) is 4.74 Å². The van der Waals surface area contributed by atoms with Crippen molar-refractivity contribution in [2.45, 2.75) is 32.2 Å². The number of nitrogens with one attached hydrogen (secondary N) is 2. The molecular weight excluding hydrogens is 450 g/mol. The van der Waals surface area contributed by atoms with Crippen LogP contribution in [0.5, 0.6) is 5.75 Å². The van der Waals surface area contributed by atoms with Gasteiger partial charge in [-0.2, -0.15) is 0 Å². The molecule has 2 fully saturated rings. The Hall–Kier alpha value is -3.95. The van der Waals surface area contributed by atoms with Crippen LogP contribution >= 0.6 is 0 Å². The molecule has 1 atom stereocenters. The van der Waals surface area contributed by atoms with Crippen LogP contribution in [0.4, 0.5) is 10.6 Å². The molecule has 0 aliphatic carbocycles. The van der Waals surface area contributed by atoms with E-state index in [1.807, 2.05) is 13.0 Å². The number of amides is 5. The number of benzene rings is 1. The summed E-state index contributed by atoms with van der Waals surface area (Å²) >= 11 is 0. The quantitative estimate of drug-likeness (QED) is 0.612. The number of ether oxygens (including phenoxy) is 1. The lowest BCUT2D eigenvalue weighted by Crippen LogP contribution is -2.47. The molecule has 2 aliphatic rings. The molecule has 184 valence electrons. The number of carbonyl (C=O) groups is 4. The number of likely N-dealkylation sites (tertiary alicyclic amines) is 1. The van der Waals surface area contributed by atoms with Crippen LogP contribution in [0.15, 0.2) is 42.6 Å². The van der Waals surface area contributed by atoms with Crippen LogP contribution < -0.4 is 15.4 Å². The summed E-state index contributed by atoms with van der Waals surface area (Å²) in [5.74, 6) is -0.0380. The smallest absolute Gasteiger partial charge is 0.325 e. The molecule has 0 spiro atoms. The number of anilines is 1. The minimum absolute atomic E-state index is 0.125. The number of hydrogen-bond acceptors (Lipinski definition) is 6. The van der Waals surface area contributed by atoms with E-state index in [1.54, 1.807) is 55.5 Å². The van der Waals surface area contributed by atoms with Crippen molar-refractivity contribution in [2.75, 3.05) is 32.1 Å². The van der Waals surface area contributed by atoms with Crippen molar-refractivity contribution in [3.05, 3.63) is 53.7 Å². The van der Waals surface area contributed by atoms with E-state index in [0.29, 0.717) is 43.1 Å². The maximum atomic E-state index is 13.1. The third-order valence-electron chi connectivity index (χ3n) is 6.62.